The molecule has 3 N–H and O–H groups in total. The van der Waals surface area contributed by atoms with Crippen molar-refractivity contribution in [3.05, 3.63) is 36.4 Å². The number of carbonyl (C=O) groups excluding carboxylic acids is 1. The van der Waals surface area contributed by atoms with Crippen LogP contribution in [0.15, 0.2) is 30.9 Å². The van der Waals surface area contributed by atoms with Gasteiger partial charge < -0.3 is 20.5 Å². The SMILES string of the molecule is C=CCc1cc(N)ccc1OC(C)C(=O)NCCCOC. The Morgan fingerprint density at radius 3 is 2.95 bits per heavy atom. The van der Waals surface area contributed by atoms with Crippen LogP contribution in [0.25, 0.3) is 0 Å². The molecule has 0 aromatic heterocycles. The molecule has 5 nitrogen and oxygen atoms in total. The summed E-state index contributed by atoms with van der Waals surface area (Å²) in [5, 5.41) is 2.81. The van der Waals surface area contributed by atoms with Crippen LogP contribution < -0.4 is 15.8 Å². The Morgan fingerprint density at radius 2 is 2.29 bits per heavy atom. The summed E-state index contributed by atoms with van der Waals surface area (Å²) in [5.41, 5.74) is 7.34. The second-order valence-corrected chi connectivity index (χ2v) is 4.76. The maximum Gasteiger partial charge on any atom is 0.260 e. The summed E-state index contributed by atoms with van der Waals surface area (Å²) in [7, 11) is 1.63. The van der Waals surface area contributed by atoms with Crippen molar-refractivity contribution in [1.29, 1.82) is 0 Å². The third-order valence-corrected chi connectivity index (χ3v) is 2.95. The van der Waals surface area contributed by atoms with Crippen LogP contribution in [0.2, 0.25) is 0 Å². The summed E-state index contributed by atoms with van der Waals surface area (Å²) in [6, 6.07) is 5.37. The predicted octanol–water partition coefficient (Wildman–Crippen LogP) is 1.92. The van der Waals surface area contributed by atoms with Gasteiger partial charge in [0.25, 0.3) is 5.91 Å². The molecule has 1 atom stereocenters. The van der Waals surface area contributed by atoms with Gasteiger partial charge in [0.05, 0.1) is 0 Å². The Hall–Kier alpha value is -2.01. The van der Waals surface area contributed by atoms with Crippen LogP contribution in [-0.4, -0.2) is 32.3 Å². The number of ether oxygens (including phenoxy) is 2. The number of rotatable bonds is 9. The number of nitrogens with two attached hydrogens (primary N) is 1. The third-order valence-electron chi connectivity index (χ3n) is 2.95. The van der Waals surface area contributed by atoms with Gasteiger partial charge in [0.1, 0.15) is 5.75 Å². The Morgan fingerprint density at radius 1 is 1.52 bits per heavy atom. The summed E-state index contributed by atoms with van der Waals surface area (Å²) >= 11 is 0. The van der Waals surface area contributed by atoms with Crippen LogP contribution in [0.4, 0.5) is 5.69 Å². The van der Waals surface area contributed by atoms with Crippen LogP contribution in [-0.2, 0) is 16.0 Å². The van der Waals surface area contributed by atoms with E-state index in [1.54, 1.807) is 32.2 Å². The predicted molar refractivity (Wildman–Crippen MR) is 84.3 cm³/mol. The first-order valence-corrected chi connectivity index (χ1v) is 7.01. The average molecular weight is 292 g/mol. The highest BCUT2D eigenvalue weighted by Gasteiger charge is 2.15. The van der Waals surface area contributed by atoms with E-state index in [1.165, 1.54) is 0 Å². The number of anilines is 1. The molecule has 0 aliphatic carbocycles. The Bertz CT molecular complexity index is 475. The highest BCUT2D eigenvalue weighted by molar-refractivity contribution is 5.80. The molecule has 0 radical (unpaired) electrons. The van der Waals surface area contributed by atoms with Crippen molar-refractivity contribution in [3.63, 3.8) is 0 Å². The summed E-state index contributed by atoms with van der Waals surface area (Å²) < 4.78 is 10.7. The van der Waals surface area contributed by atoms with E-state index >= 15 is 0 Å². The maximum absolute atomic E-state index is 11.9. The Balaban J connectivity index is 2.59. The lowest BCUT2D eigenvalue weighted by Gasteiger charge is -2.17. The van der Waals surface area contributed by atoms with E-state index in [0.29, 0.717) is 31.0 Å². The topological polar surface area (TPSA) is 73.6 Å². The summed E-state index contributed by atoms with van der Waals surface area (Å²) in [5.74, 6) is 0.510. The number of amides is 1. The maximum atomic E-state index is 11.9. The minimum atomic E-state index is -0.570. The lowest BCUT2D eigenvalue weighted by atomic mass is 10.1. The van der Waals surface area contributed by atoms with Crippen molar-refractivity contribution in [2.45, 2.75) is 25.9 Å². The molecule has 1 aromatic carbocycles. The van der Waals surface area contributed by atoms with E-state index in [2.05, 4.69) is 11.9 Å². The minimum Gasteiger partial charge on any atom is -0.481 e. The smallest absolute Gasteiger partial charge is 0.260 e. The van der Waals surface area contributed by atoms with Crippen molar-refractivity contribution in [2.24, 2.45) is 0 Å². The van der Waals surface area contributed by atoms with Gasteiger partial charge in [0.15, 0.2) is 6.10 Å². The zero-order valence-electron chi connectivity index (χ0n) is 12.7. The van der Waals surface area contributed by atoms with Gasteiger partial charge in [-0.25, -0.2) is 0 Å². The van der Waals surface area contributed by atoms with E-state index in [-0.39, 0.29) is 5.91 Å². The molecule has 21 heavy (non-hydrogen) atoms. The van der Waals surface area contributed by atoms with Crippen molar-refractivity contribution in [3.8, 4) is 5.75 Å². The van der Waals surface area contributed by atoms with E-state index in [0.717, 1.165) is 12.0 Å². The number of benzene rings is 1. The lowest BCUT2D eigenvalue weighted by molar-refractivity contribution is -0.127. The molecule has 0 aliphatic heterocycles. The molecule has 116 valence electrons. The van der Waals surface area contributed by atoms with E-state index in [1.807, 2.05) is 6.07 Å². The van der Waals surface area contributed by atoms with Gasteiger partial charge in [-0.1, -0.05) is 6.08 Å². The highest BCUT2D eigenvalue weighted by Crippen LogP contribution is 2.23. The molecule has 0 fully saturated rings. The molecule has 1 amide bonds. The van der Waals surface area contributed by atoms with E-state index in [4.69, 9.17) is 15.2 Å². The minimum absolute atomic E-state index is 0.146. The average Bonchev–Trinajstić information content (AvgIpc) is 2.46. The summed E-state index contributed by atoms with van der Waals surface area (Å²) in [6.45, 7) is 6.63. The third kappa shape index (κ3) is 5.87. The molecule has 0 spiro atoms. The normalized spacial score (nSPS) is 11.7. The first-order valence-electron chi connectivity index (χ1n) is 7.01. The molecular formula is C16H24N2O3. The van der Waals surface area contributed by atoms with Crippen LogP contribution in [0, 0.1) is 0 Å². The van der Waals surface area contributed by atoms with Crippen molar-refractivity contribution >= 4 is 11.6 Å². The van der Waals surface area contributed by atoms with Gasteiger partial charge in [-0.3, -0.25) is 4.79 Å². The van der Waals surface area contributed by atoms with Crippen LogP contribution >= 0.6 is 0 Å². The number of nitrogen functional groups attached to an aromatic ring is 1. The quantitative estimate of drug-likeness (QED) is 0.414. The molecule has 0 aliphatic rings. The number of hydrogen-bond acceptors (Lipinski definition) is 4. The fourth-order valence-electron chi connectivity index (χ4n) is 1.85. The van der Waals surface area contributed by atoms with Crippen LogP contribution in [0.5, 0.6) is 5.75 Å². The fourth-order valence-corrected chi connectivity index (χ4v) is 1.85. The number of hydrogen-bond donors (Lipinski definition) is 2. The first kappa shape index (κ1) is 17.0. The van der Waals surface area contributed by atoms with Crippen molar-refractivity contribution in [1.82, 2.24) is 5.32 Å². The van der Waals surface area contributed by atoms with Crippen LogP contribution in [0.1, 0.15) is 18.9 Å². The van der Waals surface area contributed by atoms with Gasteiger partial charge in [-0.05, 0) is 43.5 Å². The molecule has 0 bridgehead atoms. The fraction of sp³-hybridized carbons (Fsp3) is 0.438. The molecular weight excluding hydrogens is 268 g/mol. The summed E-state index contributed by atoms with van der Waals surface area (Å²) in [4.78, 5) is 11.9. The highest BCUT2D eigenvalue weighted by atomic mass is 16.5. The van der Waals surface area contributed by atoms with Gasteiger partial charge in [0.2, 0.25) is 0 Å². The number of allylic oxidation sites excluding steroid dienone is 1. The Labute approximate surface area is 126 Å². The van der Waals surface area contributed by atoms with Gasteiger partial charge in [0, 0.05) is 25.9 Å². The lowest BCUT2D eigenvalue weighted by Crippen LogP contribution is -2.37. The second kappa shape index (κ2) is 9.02. The van der Waals surface area contributed by atoms with E-state index in [9.17, 15) is 4.79 Å². The van der Waals surface area contributed by atoms with Crippen molar-refractivity contribution < 1.29 is 14.3 Å². The summed E-state index contributed by atoms with van der Waals surface area (Å²) in [6.07, 6.45) is 2.62. The van der Waals surface area contributed by atoms with Gasteiger partial charge in [-0.2, -0.15) is 0 Å². The molecule has 1 rings (SSSR count). The van der Waals surface area contributed by atoms with Crippen molar-refractivity contribution in [2.75, 3.05) is 26.0 Å². The first-order chi connectivity index (χ1) is 10.1. The molecule has 0 saturated carbocycles. The zero-order chi connectivity index (χ0) is 15.7. The number of nitrogens with one attached hydrogen (secondary N) is 1. The molecule has 5 heteroatoms. The molecule has 0 saturated heterocycles. The largest absolute Gasteiger partial charge is 0.481 e. The molecule has 1 unspecified atom stereocenters. The van der Waals surface area contributed by atoms with Gasteiger partial charge in [-0.15, -0.1) is 6.58 Å². The monoisotopic (exact) mass is 292 g/mol. The number of methoxy groups -OCH3 is 1. The standard InChI is InChI=1S/C16H24N2O3/c1-4-6-13-11-14(17)7-8-15(13)21-12(2)16(19)18-9-5-10-20-3/h4,7-8,11-12H,1,5-6,9-10,17H2,2-3H3,(H,18,19). The molecule has 0 heterocycles. The number of carbonyl (C=O) groups is 1. The van der Waals surface area contributed by atoms with Gasteiger partial charge >= 0.3 is 0 Å². The molecule has 1 aromatic rings. The Kier molecular flexibility index (Phi) is 7.32. The second-order valence-electron chi connectivity index (χ2n) is 4.76. The van der Waals surface area contributed by atoms with E-state index < -0.39 is 6.10 Å². The van der Waals surface area contributed by atoms with Crippen LogP contribution in [0.3, 0.4) is 0 Å². The zero-order valence-corrected chi connectivity index (χ0v) is 12.7.